The molecule has 1 atom stereocenters. The minimum absolute atomic E-state index is 0.0523. The van der Waals surface area contributed by atoms with Gasteiger partial charge in [-0.15, -0.1) is 0 Å². The van der Waals surface area contributed by atoms with E-state index in [1.807, 2.05) is 35.6 Å². The fourth-order valence-electron chi connectivity index (χ4n) is 2.50. The fourth-order valence-corrected chi connectivity index (χ4v) is 2.96. The number of aryl methyl sites for hydroxylation is 1. The lowest BCUT2D eigenvalue weighted by molar-refractivity contribution is -0.127. The Balaban J connectivity index is 1.94. The van der Waals surface area contributed by atoms with Gasteiger partial charge in [0.2, 0.25) is 5.91 Å². The highest BCUT2D eigenvalue weighted by Gasteiger charge is 2.23. The molecule has 6 heteroatoms. The molecular weight excluding hydrogens is 322 g/mol. The van der Waals surface area contributed by atoms with Gasteiger partial charge in [-0.3, -0.25) is 9.59 Å². The number of nitrogens with one attached hydrogen (secondary N) is 1. The van der Waals surface area contributed by atoms with Crippen LogP contribution in [0.3, 0.4) is 0 Å². The Morgan fingerprint density at radius 2 is 2.30 bits per heavy atom. The number of nitrogens with zero attached hydrogens (tertiary/aromatic N) is 2. The van der Waals surface area contributed by atoms with E-state index in [2.05, 4.69) is 21.2 Å². The molecule has 0 aromatic carbocycles. The summed E-state index contributed by atoms with van der Waals surface area (Å²) < 4.78 is 2.79. The maximum atomic E-state index is 12.2. The van der Waals surface area contributed by atoms with E-state index in [9.17, 15) is 9.59 Å². The molecule has 0 spiro atoms. The normalized spacial score (nSPS) is 16.6. The van der Waals surface area contributed by atoms with E-state index < -0.39 is 0 Å². The number of aromatic nitrogens is 1. The van der Waals surface area contributed by atoms with Crippen molar-refractivity contribution in [2.45, 2.75) is 39.3 Å². The van der Waals surface area contributed by atoms with Gasteiger partial charge in [0.1, 0.15) is 5.69 Å². The summed E-state index contributed by atoms with van der Waals surface area (Å²) in [4.78, 5) is 25.6. The van der Waals surface area contributed by atoms with Gasteiger partial charge in [-0.2, -0.15) is 0 Å². The molecular formula is C14H20BrN3O2. The Bertz CT molecular complexity index is 513. The molecule has 1 aliphatic rings. The summed E-state index contributed by atoms with van der Waals surface area (Å²) >= 11 is 3.38. The molecule has 1 unspecified atom stereocenters. The zero-order chi connectivity index (χ0) is 14.7. The topological polar surface area (TPSA) is 54.3 Å². The van der Waals surface area contributed by atoms with Crippen molar-refractivity contribution in [2.24, 2.45) is 0 Å². The van der Waals surface area contributed by atoms with Crippen molar-refractivity contribution in [3.05, 3.63) is 22.4 Å². The van der Waals surface area contributed by atoms with Gasteiger partial charge in [-0.1, -0.05) is 0 Å². The summed E-state index contributed by atoms with van der Waals surface area (Å²) in [5.74, 6) is 0.0856. The Labute approximate surface area is 127 Å². The van der Waals surface area contributed by atoms with Crippen molar-refractivity contribution in [3.63, 3.8) is 0 Å². The molecule has 1 fully saturated rings. The van der Waals surface area contributed by atoms with E-state index in [1.165, 1.54) is 0 Å². The highest BCUT2D eigenvalue weighted by Crippen LogP contribution is 2.15. The molecule has 0 bridgehead atoms. The summed E-state index contributed by atoms with van der Waals surface area (Å²) in [5.41, 5.74) is 0.638. The van der Waals surface area contributed by atoms with Gasteiger partial charge in [0.25, 0.3) is 5.91 Å². The average molecular weight is 342 g/mol. The van der Waals surface area contributed by atoms with Crippen LogP contribution in [0.4, 0.5) is 0 Å². The van der Waals surface area contributed by atoms with Gasteiger partial charge in [-0.05, 0) is 42.3 Å². The highest BCUT2D eigenvalue weighted by atomic mass is 79.9. The predicted octanol–water partition coefficient (Wildman–Crippen LogP) is 2.01. The Morgan fingerprint density at radius 1 is 1.55 bits per heavy atom. The summed E-state index contributed by atoms with van der Waals surface area (Å²) in [6.45, 7) is 6.05. The third-order valence-corrected chi connectivity index (χ3v) is 3.91. The number of likely N-dealkylation sites (tertiary alicyclic amines) is 1. The molecule has 5 nitrogen and oxygen atoms in total. The van der Waals surface area contributed by atoms with Crippen LogP contribution in [0.1, 0.15) is 37.2 Å². The molecule has 0 radical (unpaired) electrons. The number of hydrogen-bond acceptors (Lipinski definition) is 2. The Hall–Kier alpha value is -1.30. The van der Waals surface area contributed by atoms with E-state index in [1.54, 1.807) is 0 Å². The van der Waals surface area contributed by atoms with Crippen molar-refractivity contribution < 1.29 is 9.59 Å². The smallest absolute Gasteiger partial charge is 0.268 e. The second-order valence-corrected chi connectivity index (χ2v) is 6.06. The van der Waals surface area contributed by atoms with Gasteiger partial charge >= 0.3 is 0 Å². The van der Waals surface area contributed by atoms with Gasteiger partial charge < -0.3 is 14.8 Å². The van der Waals surface area contributed by atoms with Crippen molar-refractivity contribution in [3.8, 4) is 0 Å². The molecule has 2 heterocycles. The van der Waals surface area contributed by atoms with E-state index >= 15 is 0 Å². The lowest BCUT2D eigenvalue weighted by Gasteiger charge is -2.21. The number of amides is 2. The van der Waals surface area contributed by atoms with Crippen LogP contribution in [-0.4, -0.2) is 40.4 Å². The molecule has 2 rings (SSSR count). The SMILES string of the molecule is CCn1cc(Br)cc1C(=O)NC(C)CN1CCCC1=O. The zero-order valence-corrected chi connectivity index (χ0v) is 13.4. The molecule has 2 amide bonds. The summed E-state index contributed by atoms with van der Waals surface area (Å²) in [6, 6.07) is 1.76. The molecule has 110 valence electrons. The van der Waals surface area contributed by atoms with Crippen LogP contribution in [0.5, 0.6) is 0 Å². The van der Waals surface area contributed by atoms with Gasteiger partial charge in [0.15, 0.2) is 0 Å². The lowest BCUT2D eigenvalue weighted by atomic mass is 10.3. The molecule has 1 aromatic heterocycles. The number of carbonyl (C=O) groups excluding carboxylic acids is 2. The van der Waals surface area contributed by atoms with Crippen molar-refractivity contribution in [2.75, 3.05) is 13.1 Å². The minimum atomic E-state index is -0.100. The van der Waals surface area contributed by atoms with E-state index in [0.717, 1.165) is 24.0 Å². The van der Waals surface area contributed by atoms with Crippen LogP contribution in [-0.2, 0) is 11.3 Å². The first-order valence-corrected chi connectivity index (χ1v) is 7.75. The minimum Gasteiger partial charge on any atom is -0.347 e. The number of halogens is 1. The molecule has 1 N–H and O–H groups in total. The first kappa shape index (κ1) is 15.1. The van der Waals surface area contributed by atoms with Crippen LogP contribution in [0, 0.1) is 0 Å². The fraction of sp³-hybridized carbons (Fsp3) is 0.571. The highest BCUT2D eigenvalue weighted by molar-refractivity contribution is 9.10. The van der Waals surface area contributed by atoms with Crippen LogP contribution >= 0.6 is 15.9 Å². The second kappa shape index (κ2) is 6.43. The molecule has 0 saturated carbocycles. The lowest BCUT2D eigenvalue weighted by Crippen LogP contribution is -2.42. The monoisotopic (exact) mass is 341 g/mol. The van der Waals surface area contributed by atoms with Crippen molar-refractivity contribution >= 4 is 27.7 Å². The largest absolute Gasteiger partial charge is 0.347 e. The first-order valence-electron chi connectivity index (χ1n) is 6.95. The van der Waals surface area contributed by atoms with Gasteiger partial charge in [-0.25, -0.2) is 0 Å². The van der Waals surface area contributed by atoms with Gasteiger partial charge in [0.05, 0.1) is 0 Å². The van der Waals surface area contributed by atoms with Crippen LogP contribution in [0.2, 0.25) is 0 Å². The molecule has 0 aliphatic carbocycles. The quantitative estimate of drug-likeness (QED) is 0.890. The number of carbonyl (C=O) groups is 2. The van der Waals surface area contributed by atoms with Crippen molar-refractivity contribution in [1.29, 1.82) is 0 Å². The summed E-state index contributed by atoms with van der Waals surface area (Å²) in [5, 5.41) is 2.96. The molecule has 1 saturated heterocycles. The number of hydrogen-bond donors (Lipinski definition) is 1. The summed E-state index contributed by atoms with van der Waals surface area (Å²) in [6.07, 6.45) is 3.45. The number of rotatable bonds is 5. The Morgan fingerprint density at radius 3 is 2.90 bits per heavy atom. The maximum absolute atomic E-state index is 12.2. The summed E-state index contributed by atoms with van der Waals surface area (Å²) in [7, 11) is 0. The Kier molecular flexibility index (Phi) is 4.86. The molecule has 1 aromatic rings. The molecule has 1 aliphatic heterocycles. The third-order valence-electron chi connectivity index (χ3n) is 3.48. The van der Waals surface area contributed by atoms with E-state index in [4.69, 9.17) is 0 Å². The standard InChI is InChI=1S/C14H20BrN3O2/c1-3-17-9-11(15)7-12(17)14(20)16-10(2)8-18-6-4-5-13(18)19/h7,9-10H,3-6,8H2,1-2H3,(H,16,20). The van der Waals surface area contributed by atoms with Gasteiger partial charge in [0, 0.05) is 42.8 Å². The van der Waals surface area contributed by atoms with E-state index in [-0.39, 0.29) is 17.9 Å². The van der Waals surface area contributed by atoms with Crippen LogP contribution < -0.4 is 5.32 Å². The molecule has 20 heavy (non-hydrogen) atoms. The zero-order valence-electron chi connectivity index (χ0n) is 11.9. The first-order chi connectivity index (χ1) is 9.51. The van der Waals surface area contributed by atoms with E-state index in [0.29, 0.717) is 18.7 Å². The second-order valence-electron chi connectivity index (χ2n) is 5.15. The maximum Gasteiger partial charge on any atom is 0.268 e. The van der Waals surface area contributed by atoms with Crippen LogP contribution in [0.15, 0.2) is 16.7 Å². The predicted molar refractivity (Wildman–Crippen MR) is 80.5 cm³/mol. The van der Waals surface area contributed by atoms with Crippen LogP contribution in [0.25, 0.3) is 0 Å². The third kappa shape index (κ3) is 3.42. The van der Waals surface area contributed by atoms with Crippen molar-refractivity contribution in [1.82, 2.24) is 14.8 Å². The average Bonchev–Trinajstić information content (AvgIpc) is 2.96.